The third-order valence-corrected chi connectivity index (χ3v) is 3.63. The molecule has 3 rings (SSSR count). The summed E-state index contributed by atoms with van der Waals surface area (Å²) in [4.78, 5) is 27.6. The van der Waals surface area contributed by atoms with E-state index >= 15 is 0 Å². The molecule has 0 saturated carbocycles. The highest BCUT2D eigenvalue weighted by atomic mass is 16.5. The predicted octanol–water partition coefficient (Wildman–Crippen LogP) is 1.50. The Labute approximate surface area is 131 Å². The summed E-state index contributed by atoms with van der Waals surface area (Å²) in [7, 11) is 3.32. The second-order valence-corrected chi connectivity index (χ2v) is 5.15. The molecule has 0 aliphatic heterocycles. The molecular formula is C16H15N3O4. The van der Waals surface area contributed by atoms with Crippen molar-refractivity contribution in [2.75, 3.05) is 7.11 Å². The smallest absolute Gasteiger partial charge is 0.323 e. The van der Waals surface area contributed by atoms with Crippen LogP contribution in [0.4, 0.5) is 0 Å². The molecule has 0 amide bonds. The fourth-order valence-corrected chi connectivity index (χ4v) is 2.57. The highest BCUT2D eigenvalue weighted by Gasteiger charge is 2.15. The van der Waals surface area contributed by atoms with Crippen molar-refractivity contribution in [2.24, 2.45) is 7.05 Å². The second-order valence-electron chi connectivity index (χ2n) is 5.15. The van der Waals surface area contributed by atoms with Gasteiger partial charge < -0.3 is 14.4 Å². The zero-order valence-corrected chi connectivity index (χ0v) is 12.7. The van der Waals surface area contributed by atoms with E-state index in [-0.39, 0.29) is 5.56 Å². The van der Waals surface area contributed by atoms with Gasteiger partial charge in [-0.2, -0.15) is 0 Å². The van der Waals surface area contributed by atoms with Crippen LogP contribution in [-0.2, 0) is 18.4 Å². The summed E-state index contributed by atoms with van der Waals surface area (Å²) in [6, 6.07) is 7.46. The molecule has 23 heavy (non-hydrogen) atoms. The number of hydrogen-bond donors (Lipinski definition) is 1. The molecule has 1 N–H and O–H groups in total. The topological polar surface area (TPSA) is 86.3 Å². The SMILES string of the molecule is COc1cccc(-c2cn(C)c3c(=O)n(CC(=O)O)cnc23)c1. The first-order chi connectivity index (χ1) is 11.0. The van der Waals surface area contributed by atoms with Crippen LogP contribution >= 0.6 is 0 Å². The highest BCUT2D eigenvalue weighted by Crippen LogP contribution is 2.29. The molecule has 0 bridgehead atoms. The van der Waals surface area contributed by atoms with Gasteiger partial charge in [-0.05, 0) is 17.7 Å². The van der Waals surface area contributed by atoms with E-state index in [0.29, 0.717) is 16.8 Å². The summed E-state index contributed by atoms with van der Waals surface area (Å²) >= 11 is 0. The number of benzene rings is 1. The lowest BCUT2D eigenvalue weighted by atomic mass is 10.1. The average molecular weight is 313 g/mol. The van der Waals surface area contributed by atoms with E-state index in [2.05, 4.69) is 4.98 Å². The fourth-order valence-electron chi connectivity index (χ4n) is 2.57. The number of aryl methyl sites for hydroxylation is 1. The van der Waals surface area contributed by atoms with Gasteiger partial charge in [0.15, 0.2) is 0 Å². The fraction of sp³-hybridized carbons (Fsp3) is 0.188. The lowest BCUT2D eigenvalue weighted by Crippen LogP contribution is -2.25. The van der Waals surface area contributed by atoms with Crippen molar-refractivity contribution >= 4 is 17.0 Å². The van der Waals surface area contributed by atoms with Crippen molar-refractivity contribution < 1.29 is 14.6 Å². The van der Waals surface area contributed by atoms with E-state index in [9.17, 15) is 9.59 Å². The van der Waals surface area contributed by atoms with Gasteiger partial charge in [-0.25, -0.2) is 4.98 Å². The maximum Gasteiger partial charge on any atom is 0.323 e. The molecular weight excluding hydrogens is 298 g/mol. The van der Waals surface area contributed by atoms with E-state index in [0.717, 1.165) is 15.7 Å². The van der Waals surface area contributed by atoms with Gasteiger partial charge in [-0.15, -0.1) is 0 Å². The number of fused-ring (bicyclic) bond motifs is 1. The first-order valence-electron chi connectivity index (χ1n) is 6.92. The maximum absolute atomic E-state index is 12.5. The van der Waals surface area contributed by atoms with Gasteiger partial charge in [0.1, 0.15) is 23.3 Å². The first kappa shape index (κ1) is 14.8. The van der Waals surface area contributed by atoms with Crippen molar-refractivity contribution in [3.63, 3.8) is 0 Å². The molecule has 2 heterocycles. The van der Waals surface area contributed by atoms with Crippen molar-refractivity contribution in [2.45, 2.75) is 6.54 Å². The van der Waals surface area contributed by atoms with Crippen LogP contribution in [0.3, 0.4) is 0 Å². The molecule has 0 saturated heterocycles. The Morgan fingerprint density at radius 1 is 1.39 bits per heavy atom. The number of hydrogen-bond acceptors (Lipinski definition) is 4. The summed E-state index contributed by atoms with van der Waals surface area (Å²) in [5, 5.41) is 8.87. The number of aliphatic carboxylic acids is 1. The number of aromatic nitrogens is 3. The molecule has 0 unspecified atom stereocenters. The number of ether oxygens (including phenoxy) is 1. The van der Waals surface area contributed by atoms with Gasteiger partial charge in [-0.3, -0.25) is 14.2 Å². The Morgan fingerprint density at radius 3 is 2.87 bits per heavy atom. The normalized spacial score (nSPS) is 10.9. The van der Waals surface area contributed by atoms with Crippen LogP contribution in [0.25, 0.3) is 22.2 Å². The third kappa shape index (κ3) is 2.57. The monoisotopic (exact) mass is 313 g/mol. The molecule has 0 radical (unpaired) electrons. The van der Waals surface area contributed by atoms with Gasteiger partial charge in [0.2, 0.25) is 0 Å². The van der Waals surface area contributed by atoms with Crippen LogP contribution in [0, 0.1) is 0 Å². The number of carbonyl (C=O) groups is 1. The molecule has 2 aromatic heterocycles. The van der Waals surface area contributed by atoms with Crippen molar-refractivity contribution in [3.8, 4) is 16.9 Å². The number of carboxylic acids is 1. The molecule has 7 nitrogen and oxygen atoms in total. The lowest BCUT2D eigenvalue weighted by molar-refractivity contribution is -0.137. The summed E-state index contributed by atoms with van der Waals surface area (Å²) < 4.78 is 7.97. The molecule has 0 fully saturated rings. The molecule has 1 aromatic carbocycles. The van der Waals surface area contributed by atoms with Crippen LogP contribution in [0.2, 0.25) is 0 Å². The van der Waals surface area contributed by atoms with E-state index in [1.54, 1.807) is 24.9 Å². The number of methoxy groups -OCH3 is 1. The molecule has 7 heteroatoms. The highest BCUT2D eigenvalue weighted by molar-refractivity contribution is 5.92. The minimum atomic E-state index is -1.09. The summed E-state index contributed by atoms with van der Waals surface area (Å²) in [6.45, 7) is -0.415. The van der Waals surface area contributed by atoms with Crippen molar-refractivity contribution in [1.29, 1.82) is 0 Å². The number of nitrogens with zero attached hydrogens (tertiary/aromatic N) is 3. The second kappa shape index (κ2) is 5.60. The van der Waals surface area contributed by atoms with Crippen molar-refractivity contribution in [3.05, 3.63) is 47.1 Å². The average Bonchev–Trinajstić information content (AvgIpc) is 2.87. The number of carboxylic acid groups (broad SMARTS) is 1. The van der Waals surface area contributed by atoms with E-state index in [4.69, 9.17) is 9.84 Å². The zero-order valence-electron chi connectivity index (χ0n) is 12.7. The zero-order chi connectivity index (χ0) is 16.6. The Hall–Kier alpha value is -3.09. The molecule has 0 aliphatic rings. The van der Waals surface area contributed by atoms with Gasteiger partial charge in [-0.1, -0.05) is 12.1 Å². The molecule has 118 valence electrons. The van der Waals surface area contributed by atoms with Gasteiger partial charge in [0.25, 0.3) is 5.56 Å². The van der Waals surface area contributed by atoms with Crippen molar-refractivity contribution in [1.82, 2.24) is 14.1 Å². The minimum Gasteiger partial charge on any atom is -0.497 e. The first-order valence-corrected chi connectivity index (χ1v) is 6.92. The van der Waals surface area contributed by atoms with E-state index in [1.807, 2.05) is 24.3 Å². The van der Waals surface area contributed by atoms with E-state index < -0.39 is 12.5 Å². The molecule has 0 aliphatic carbocycles. The Balaban J connectivity index is 2.22. The summed E-state index contributed by atoms with van der Waals surface area (Å²) in [5.74, 6) is -0.380. The lowest BCUT2D eigenvalue weighted by Gasteiger charge is -2.04. The molecule has 0 spiro atoms. The van der Waals surface area contributed by atoms with Crippen LogP contribution < -0.4 is 10.3 Å². The Bertz CT molecular complexity index is 956. The minimum absolute atomic E-state index is 0.367. The van der Waals surface area contributed by atoms with E-state index in [1.165, 1.54) is 6.33 Å². The summed E-state index contributed by atoms with van der Waals surface area (Å²) in [6.07, 6.45) is 3.07. The maximum atomic E-state index is 12.5. The summed E-state index contributed by atoms with van der Waals surface area (Å²) in [5.41, 5.74) is 2.19. The van der Waals surface area contributed by atoms with Crippen LogP contribution in [-0.4, -0.2) is 32.3 Å². The number of rotatable bonds is 4. The Kier molecular flexibility index (Phi) is 3.61. The van der Waals surface area contributed by atoms with Crippen LogP contribution in [0.1, 0.15) is 0 Å². The quantitative estimate of drug-likeness (QED) is 0.788. The third-order valence-electron chi connectivity index (χ3n) is 3.63. The molecule has 3 aromatic rings. The van der Waals surface area contributed by atoms with Crippen LogP contribution in [0.15, 0.2) is 41.6 Å². The van der Waals surface area contributed by atoms with Gasteiger partial charge in [0.05, 0.1) is 13.4 Å². The van der Waals surface area contributed by atoms with Gasteiger partial charge in [0, 0.05) is 18.8 Å². The van der Waals surface area contributed by atoms with Gasteiger partial charge >= 0.3 is 5.97 Å². The molecule has 0 atom stereocenters. The largest absolute Gasteiger partial charge is 0.497 e. The standard InChI is InChI=1S/C16H15N3O4/c1-18-7-12(10-4-3-5-11(6-10)23-2)14-15(18)16(22)19(9-17-14)8-13(20)21/h3-7,9H,8H2,1-2H3,(H,20,21). The Morgan fingerprint density at radius 2 is 2.17 bits per heavy atom. The predicted molar refractivity (Wildman–Crippen MR) is 84.6 cm³/mol. The van der Waals surface area contributed by atoms with Crippen LogP contribution in [0.5, 0.6) is 5.75 Å².